The number of rotatable bonds is 34. The number of hydrogen-bond donors (Lipinski definition) is 7. The Labute approximate surface area is 416 Å². The number of aliphatic hydroxyl groups is 1. The molecule has 5 amide bonds. The number of phenolic OH excluding ortho intramolecular Hbond substituents is 1. The molecule has 5 aliphatic rings. The molecule has 2 aliphatic heterocycles. The number of fused-ring (bicyclic) bond motifs is 6. The maximum atomic E-state index is 12.6. The van der Waals surface area contributed by atoms with Crippen LogP contribution >= 0.6 is 11.8 Å². The summed E-state index contributed by atoms with van der Waals surface area (Å²) in [4.78, 5) is 50.7. The molecule has 3 aliphatic carbocycles. The summed E-state index contributed by atoms with van der Waals surface area (Å²) in [7, 11) is 2.07. The second-order valence-corrected chi connectivity index (χ2v) is 21.8. The fourth-order valence-electron chi connectivity index (χ4n) is 11.9. The minimum atomic E-state index is -0.194. The summed E-state index contributed by atoms with van der Waals surface area (Å²) in [6.45, 7) is 9.17. The number of amides is 5. The largest absolute Gasteiger partial charge is 0.508 e. The smallest absolute Gasteiger partial charge is 0.315 e. The number of nitrogens with zero attached hydrogens (tertiary/aromatic N) is 1. The highest BCUT2D eigenvalue weighted by molar-refractivity contribution is 8.00. The summed E-state index contributed by atoms with van der Waals surface area (Å²) < 4.78 is 22.1. The van der Waals surface area contributed by atoms with Crippen molar-refractivity contribution in [3.8, 4) is 5.75 Å². The second kappa shape index (κ2) is 29.4. The standard InChI is InChI=1S/C52H86N6O10S/c1-52-20-18-41-40-15-14-39(59)35-38(40)34-37(49(41)42(52)16-17-45(52)60)10-4-3-5-12-46(61)53-21-8-24-58(2)25-9-22-54-48(63)19-26-65-28-30-67-32-33-68-31-29-66-27-23-55-47(62)13-7-6-11-44-50-43(36-69-44)56-51(64)57-50/h14-15,35,37,41-45,49-50,59-60H,3-13,16-34,36H2,1-2H3,(H,53,61)(H,54,63)(H,55,62)(H2,56,57,64)/t37-,41-,42+,43+,44?,45+,49-,50+,52+/m1/s1. The highest BCUT2D eigenvalue weighted by atomic mass is 32.2. The quantitative estimate of drug-likeness (QED) is 0.0359. The summed E-state index contributed by atoms with van der Waals surface area (Å²) in [6.07, 6.45) is 15.1. The van der Waals surface area contributed by atoms with E-state index in [1.807, 2.05) is 23.9 Å². The van der Waals surface area contributed by atoms with Crippen molar-refractivity contribution in [2.24, 2.45) is 23.2 Å². The number of carbonyl (C=O) groups excluding carboxylic acids is 4. The molecule has 17 heteroatoms. The number of phenols is 1. The van der Waals surface area contributed by atoms with Gasteiger partial charge < -0.3 is 60.6 Å². The van der Waals surface area contributed by atoms with Gasteiger partial charge in [0.1, 0.15) is 5.75 Å². The molecular weight excluding hydrogens is 901 g/mol. The van der Waals surface area contributed by atoms with E-state index < -0.39 is 0 Å². The number of aliphatic hydroxyl groups excluding tert-OH is 1. The number of thioether (sulfide) groups is 1. The van der Waals surface area contributed by atoms with Crippen LogP contribution in [0.4, 0.5) is 4.79 Å². The first-order valence-electron chi connectivity index (χ1n) is 26.5. The first kappa shape index (κ1) is 55.1. The van der Waals surface area contributed by atoms with Gasteiger partial charge in [-0.25, -0.2) is 4.79 Å². The van der Waals surface area contributed by atoms with E-state index in [0.29, 0.717) is 126 Å². The van der Waals surface area contributed by atoms with E-state index in [0.717, 1.165) is 109 Å². The fourth-order valence-corrected chi connectivity index (χ4v) is 13.4. The van der Waals surface area contributed by atoms with Crippen LogP contribution in [0.15, 0.2) is 18.2 Å². The Morgan fingerprint density at radius 3 is 2.09 bits per heavy atom. The number of benzene rings is 1. The van der Waals surface area contributed by atoms with Crippen molar-refractivity contribution < 1.29 is 48.3 Å². The summed E-state index contributed by atoms with van der Waals surface area (Å²) in [6, 6.07) is 6.38. The Morgan fingerprint density at radius 2 is 1.38 bits per heavy atom. The minimum Gasteiger partial charge on any atom is -0.508 e. The van der Waals surface area contributed by atoms with E-state index in [1.165, 1.54) is 11.1 Å². The number of ether oxygens (including phenoxy) is 4. The van der Waals surface area contributed by atoms with E-state index in [4.69, 9.17) is 18.9 Å². The third-order valence-electron chi connectivity index (χ3n) is 15.6. The molecule has 390 valence electrons. The maximum Gasteiger partial charge on any atom is 0.315 e. The molecule has 2 saturated heterocycles. The molecular formula is C52H86N6O10S. The number of hydrogen-bond acceptors (Lipinski definition) is 12. The van der Waals surface area contributed by atoms with Gasteiger partial charge in [0.15, 0.2) is 0 Å². The van der Waals surface area contributed by atoms with E-state index >= 15 is 0 Å². The molecule has 2 heterocycles. The Balaban J connectivity index is 0.656. The molecule has 2 saturated carbocycles. The number of unbranched alkanes of at least 4 members (excludes halogenated alkanes) is 3. The number of aromatic hydroxyl groups is 1. The zero-order valence-corrected chi connectivity index (χ0v) is 42.6. The van der Waals surface area contributed by atoms with Gasteiger partial charge >= 0.3 is 6.03 Å². The Morgan fingerprint density at radius 1 is 0.754 bits per heavy atom. The average molecular weight is 987 g/mol. The van der Waals surface area contributed by atoms with Crippen molar-refractivity contribution in [1.82, 2.24) is 31.5 Å². The highest BCUT2D eigenvalue weighted by Gasteiger charge is 2.56. The zero-order valence-electron chi connectivity index (χ0n) is 41.8. The number of nitrogens with one attached hydrogen (secondary N) is 5. The molecule has 1 aromatic carbocycles. The van der Waals surface area contributed by atoms with Gasteiger partial charge in [0, 0.05) is 49.9 Å². The van der Waals surface area contributed by atoms with E-state index in [-0.39, 0.29) is 47.4 Å². The van der Waals surface area contributed by atoms with Gasteiger partial charge in [-0.05, 0) is 143 Å². The van der Waals surface area contributed by atoms with Crippen molar-refractivity contribution >= 4 is 35.5 Å². The van der Waals surface area contributed by atoms with Gasteiger partial charge in [0.2, 0.25) is 17.7 Å². The van der Waals surface area contributed by atoms with E-state index in [2.05, 4.69) is 51.5 Å². The van der Waals surface area contributed by atoms with Gasteiger partial charge in [-0.3, -0.25) is 14.4 Å². The lowest BCUT2D eigenvalue weighted by atomic mass is 9.52. The predicted octanol–water partition coefficient (Wildman–Crippen LogP) is 5.03. The van der Waals surface area contributed by atoms with Crippen LogP contribution < -0.4 is 26.6 Å². The molecule has 6 rings (SSSR count). The highest BCUT2D eigenvalue weighted by Crippen LogP contribution is 2.62. The second-order valence-electron chi connectivity index (χ2n) is 20.5. The molecule has 16 nitrogen and oxygen atoms in total. The lowest BCUT2D eigenvalue weighted by Crippen LogP contribution is -2.47. The summed E-state index contributed by atoms with van der Waals surface area (Å²) in [5.41, 5.74) is 2.76. The van der Waals surface area contributed by atoms with Gasteiger partial charge in [-0.15, -0.1) is 0 Å². The monoisotopic (exact) mass is 987 g/mol. The number of carbonyl (C=O) groups is 4. The van der Waals surface area contributed by atoms with Crippen LogP contribution in [-0.4, -0.2) is 161 Å². The molecule has 0 radical (unpaired) electrons. The molecule has 7 N–H and O–H groups in total. The van der Waals surface area contributed by atoms with Crippen LogP contribution in [0, 0.1) is 23.2 Å². The first-order valence-corrected chi connectivity index (χ1v) is 27.5. The van der Waals surface area contributed by atoms with E-state index in [1.54, 1.807) is 0 Å². The van der Waals surface area contributed by atoms with E-state index in [9.17, 15) is 29.4 Å². The molecule has 0 aromatic heterocycles. The molecule has 69 heavy (non-hydrogen) atoms. The molecule has 9 atom stereocenters. The van der Waals surface area contributed by atoms with Crippen LogP contribution in [0.2, 0.25) is 0 Å². The van der Waals surface area contributed by atoms with Crippen molar-refractivity contribution in [3.63, 3.8) is 0 Å². The van der Waals surface area contributed by atoms with Crippen molar-refractivity contribution in [2.75, 3.05) is 98.4 Å². The zero-order chi connectivity index (χ0) is 48.9. The maximum absolute atomic E-state index is 12.6. The summed E-state index contributed by atoms with van der Waals surface area (Å²) >= 11 is 1.90. The van der Waals surface area contributed by atoms with Crippen LogP contribution in [-0.2, 0) is 39.8 Å². The Bertz CT molecular complexity index is 1750. The molecule has 1 unspecified atom stereocenters. The predicted molar refractivity (Wildman–Crippen MR) is 268 cm³/mol. The van der Waals surface area contributed by atoms with Crippen LogP contribution in [0.3, 0.4) is 0 Å². The third kappa shape index (κ3) is 17.5. The molecule has 1 aromatic rings. The van der Waals surface area contributed by atoms with Crippen molar-refractivity contribution in [2.45, 2.75) is 145 Å². The Hall–Kier alpha value is -3.19. The van der Waals surface area contributed by atoms with Crippen molar-refractivity contribution in [3.05, 3.63) is 29.3 Å². The topological polar surface area (TPSA) is 209 Å². The SMILES string of the molecule is CN(CCCNC(=O)CCCCC[C@@H]1Cc2cc(O)ccc2[C@H]2CC[C@]3(C)[C@@H](O)CC[C@H]3[C@H]12)CCCNC(=O)CCOCCOCCOCCOCCNC(=O)CCCCC1SC[C@@H]2NC(=O)N[C@H]12. The Kier molecular flexibility index (Phi) is 23.5. The minimum absolute atomic E-state index is 0.0235. The van der Waals surface area contributed by atoms with Gasteiger partial charge in [-0.2, -0.15) is 11.8 Å². The van der Waals surface area contributed by atoms with Gasteiger partial charge in [0.05, 0.1) is 71.0 Å². The summed E-state index contributed by atoms with van der Waals surface area (Å²) in [5.74, 6) is 3.64. The number of urea groups is 1. The lowest BCUT2D eigenvalue weighted by molar-refractivity contribution is -0.122. The lowest BCUT2D eigenvalue weighted by Gasteiger charge is -2.53. The van der Waals surface area contributed by atoms with Crippen LogP contribution in [0.1, 0.15) is 127 Å². The van der Waals surface area contributed by atoms with Crippen molar-refractivity contribution in [1.29, 1.82) is 0 Å². The third-order valence-corrected chi connectivity index (χ3v) is 17.1. The summed E-state index contributed by atoms with van der Waals surface area (Å²) in [5, 5.41) is 36.6. The molecule has 0 bridgehead atoms. The normalized spacial score (nSPS) is 26.7. The first-order chi connectivity index (χ1) is 33.5. The molecule has 0 spiro atoms. The van der Waals surface area contributed by atoms with Gasteiger partial charge in [-0.1, -0.05) is 32.3 Å². The van der Waals surface area contributed by atoms with Gasteiger partial charge in [0.25, 0.3) is 0 Å². The molecule has 4 fully saturated rings. The van der Waals surface area contributed by atoms with Crippen LogP contribution in [0.25, 0.3) is 0 Å². The average Bonchev–Trinajstić information content (AvgIpc) is 3.99. The fraction of sp³-hybridized carbons (Fsp3) is 0.808. The van der Waals surface area contributed by atoms with Crippen LogP contribution in [0.5, 0.6) is 5.75 Å².